The van der Waals surface area contributed by atoms with Crippen molar-refractivity contribution in [3.05, 3.63) is 21.4 Å². The highest BCUT2D eigenvalue weighted by Crippen LogP contribution is 2.21. The molecule has 0 spiro atoms. The molecule has 102 valence electrons. The standard InChI is InChI=1S/C12H19NO4S/c1-9-10(7-11(18-9)12(14)15)8-13-3-4-17-6-5-16-2/h7,13H,3-6,8H2,1-2H3,(H,14,15). The number of ether oxygens (including phenoxy) is 2. The first kappa shape index (κ1) is 15.1. The van der Waals surface area contributed by atoms with E-state index in [0.717, 1.165) is 17.0 Å². The topological polar surface area (TPSA) is 67.8 Å². The Morgan fingerprint density at radius 1 is 1.44 bits per heavy atom. The van der Waals surface area contributed by atoms with E-state index >= 15 is 0 Å². The minimum atomic E-state index is -0.864. The lowest BCUT2D eigenvalue weighted by molar-refractivity contribution is 0.0701. The lowest BCUT2D eigenvalue weighted by atomic mass is 10.2. The van der Waals surface area contributed by atoms with Crippen LogP contribution in [0.15, 0.2) is 6.07 Å². The Hall–Kier alpha value is -0.950. The second-order valence-electron chi connectivity index (χ2n) is 3.78. The summed E-state index contributed by atoms with van der Waals surface area (Å²) in [4.78, 5) is 12.2. The monoisotopic (exact) mass is 273 g/mol. The van der Waals surface area contributed by atoms with Gasteiger partial charge in [0.05, 0.1) is 19.8 Å². The Kier molecular flexibility index (Phi) is 6.89. The molecule has 0 aliphatic heterocycles. The van der Waals surface area contributed by atoms with Crippen molar-refractivity contribution in [1.29, 1.82) is 0 Å². The van der Waals surface area contributed by atoms with E-state index in [4.69, 9.17) is 14.6 Å². The molecule has 0 aliphatic rings. The molecule has 0 atom stereocenters. The third-order valence-electron chi connectivity index (χ3n) is 2.40. The summed E-state index contributed by atoms with van der Waals surface area (Å²) in [6.07, 6.45) is 0. The fourth-order valence-electron chi connectivity index (χ4n) is 1.41. The smallest absolute Gasteiger partial charge is 0.345 e. The molecule has 1 aromatic heterocycles. The molecular weight excluding hydrogens is 254 g/mol. The lowest BCUT2D eigenvalue weighted by Gasteiger charge is -2.05. The molecule has 1 aromatic rings. The van der Waals surface area contributed by atoms with Crippen LogP contribution in [0, 0.1) is 6.92 Å². The molecular formula is C12H19NO4S. The maximum Gasteiger partial charge on any atom is 0.345 e. The van der Waals surface area contributed by atoms with E-state index in [2.05, 4.69) is 5.32 Å². The first-order valence-corrected chi connectivity index (χ1v) is 6.56. The minimum Gasteiger partial charge on any atom is -0.477 e. The number of rotatable bonds is 9. The van der Waals surface area contributed by atoms with Crippen molar-refractivity contribution in [2.24, 2.45) is 0 Å². The zero-order valence-corrected chi connectivity index (χ0v) is 11.5. The Labute approximate surface area is 111 Å². The molecule has 1 heterocycles. The predicted octanol–water partition coefficient (Wildman–Crippen LogP) is 1.51. The number of aromatic carboxylic acids is 1. The normalized spacial score (nSPS) is 10.8. The van der Waals surface area contributed by atoms with E-state index in [1.165, 1.54) is 11.3 Å². The van der Waals surface area contributed by atoms with Crippen LogP contribution >= 0.6 is 11.3 Å². The van der Waals surface area contributed by atoms with Crippen LogP contribution in [-0.4, -0.2) is 44.6 Å². The highest BCUT2D eigenvalue weighted by atomic mass is 32.1. The van der Waals surface area contributed by atoms with Gasteiger partial charge in [-0.2, -0.15) is 0 Å². The van der Waals surface area contributed by atoms with Crippen molar-refractivity contribution in [3.63, 3.8) is 0 Å². The average Bonchev–Trinajstić information content (AvgIpc) is 2.70. The number of aryl methyl sites for hydroxylation is 1. The van der Waals surface area contributed by atoms with Gasteiger partial charge < -0.3 is 19.9 Å². The Morgan fingerprint density at radius 2 is 2.22 bits per heavy atom. The molecule has 0 radical (unpaired) electrons. The van der Waals surface area contributed by atoms with Crippen LogP contribution in [-0.2, 0) is 16.0 Å². The number of carbonyl (C=O) groups is 1. The van der Waals surface area contributed by atoms with E-state index in [9.17, 15) is 4.79 Å². The van der Waals surface area contributed by atoms with Crippen molar-refractivity contribution in [2.75, 3.05) is 33.5 Å². The largest absolute Gasteiger partial charge is 0.477 e. The fourth-order valence-corrected chi connectivity index (χ4v) is 2.29. The zero-order chi connectivity index (χ0) is 13.4. The number of hydrogen-bond donors (Lipinski definition) is 2. The average molecular weight is 273 g/mol. The molecule has 0 saturated carbocycles. The molecule has 0 amide bonds. The lowest BCUT2D eigenvalue weighted by Crippen LogP contribution is -2.20. The van der Waals surface area contributed by atoms with Crippen LogP contribution in [0.5, 0.6) is 0 Å². The number of thiophene rings is 1. The van der Waals surface area contributed by atoms with Crippen LogP contribution in [0.25, 0.3) is 0 Å². The highest BCUT2D eigenvalue weighted by molar-refractivity contribution is 7.14. The van der Waals surface area contributed by atoms with Gasteiger partial charge in [0.2, 0.25) is 0 Å². The summed E-state index contributed by atoms with van der Waals surface area (Å²) in [6, 6.07) is 1.72. The maximum absolute atomic E-state index is 10.8. The summed E-state index contributed by atoms with van der Waals surface area (Å²) in [6.45, 7) is 5.16. The molecule has 0 saturated heterocycles. The maximum atomic E-state index is 10.8. The quantitative estimate of drug-likeness (QED) is 0.668. The molecule has 0 bridgehead atoms. The summed E-state index contributed by atoms with van der Waals surface area (Å²) in [5.74, 6) is -0.864. The van der Waals surface area contributed by atoms with E-state index < -0.39 is 5.97 Å². The molecule has 0 unspecified atom stereocenters. The van der Waals surface area contributed by atoms with Crippen LogP contribution in [0.3, 0.4) is 0 Å². The molecule has 18 heavy (non-hydrogen) atoms. The highest BCUT2D eigenvalue weighted by Gasteiger charge is 2.10. The Morgan fingerprint density at radius 3 is 2.83 bits per heavy atom. The van der Waals surface area contributed by atoms with Gasteiger partial charge in [0, 0.05) is 25.1 Å². The summed E-state index contributed by atoms with van der Waals surface area (Å²) >= 11 is 1.31. The SMILES string of the molecule is COCCOCCNCc1cc(C(=O)O)sc1C. The van der Waals surface area contributed by atoms with Gasteiger partial charge in [-0.15, -0.1) is 11.3 Å². The first-order valence-electron chi connectivity index (χ1n) is 5.75. The van der Waals surface area contributed by atoms with Crippen LogP contribution < -0.4 is 5.32 Å². The number of nitrogens with one attached hydrogen (secondary N) is 1. The van der Waals surface area contributed by atoms with Gasteiger partial charge in [0.1, 0.15) is 4.88 Å². The number of carboxylic acids is 1. The third kappa shape index (κ3) is 5.14. The number of methoxy groups -OCH3 is 1. The van der Waals surface area contributed by atoms with Crippen molar-refractivity contribution in [2.45, 2.75) is 13.5 Å². The van der Waals surface area contributed by atoms with E-state index in [0.29, 0.717) is 31.2 Å². The van der Waals surface area contributed by atoms with E-state index in [1.54, 1.807) is 13.2 Å². The summed E-state index contributed by atoms with van der Waals surface area (Å²) in [5.41, 5.74) is 1.04. The molecule has 0 aromatic carbocycles. The van der Waals surface area contributed by atoms with Crippen molar-refractivity contribution in [3.8, 4) is 0 Å². The first-order chi connectivity index (χ1) is 8.65. The second kappa shape index (κ2) is 8.20. The summed E-state index contributed by atoms with van der Waals surface area (Å²) < 4.78 is 10.2. The van der Waals surface area contributed by atoms with Crippen molar-refractivity contribution >= 4 is 17.3 Å². The van der Waals surface area contributed by atoms with E-state index in [1.807, 2.05) is 6.92 Å². The van der Waals surface area contributed by atoms with Crippen LogP contribution in [0.2, 0.25) is 0 Å². The van der Waals surface area contributed by atoms with Gasteiger partial charge in [-0.3, -0.25) is 0 Å². The second-order valence-corrected chi connectivity index (χ2v) is 5.04. The Balaban J connectivity index is 2.21. The zero-order valence-electron chi connectivity index (χ0n) is 10.7. The molecule has 2 N–H and O–H groups in total. The molecule has 0 fully saturated rings. The third-order valence-corrected chi connectivity index (χ3v) is 3.48. The van der Waals surface area contributed by atoms with Gasteiger partial charge in [-0.05, 0) is 18.6 Å². The van der Waals surface area contributed by atoms with Crippen LogP contribution in [0.1, 0.15) is 20.1 Å². The van der Waals surface area contributed by atoms with Gasteiger partial charge in [-0.25, -0.2) is 4.79 Å². The number of carboxylic acid groups (broad SMARTS) is 1. The number of hydrogen-bond acceptors (Lipinski definition) is 5. The Bertz CT molecular complexity index is 378. The molecule has 5 nitrogen and oxygen atoms in total. The van der Waals surface area contributed by atoms with Crippen molar-refractivity contribution < 1.29 is 19.4 Å². The molecule has 1 rings (SSSR count). The van der Waals surface area contributed by atoms with E-state index in [-0.39, 0.29) is 0 Å². The molecule has 6 heteroatoms. The summed E-state index contributed by atoms with van der Waals surface area (Å²) in [7, 11) is 1.64. The van der Waals surface area contributed by atoms with Gasteiger partial charge in [0.25, 0.3) is 0 Å². The van der Waals surface area contributed by atoms with Gasteiger partial charge in [-0.1, -0.05) is 0 Å². The fraction of sp³-hybridized carbons (Fsp3) is 0.583. The van der Waals surface area contributed by atoms with Gasteiger partial charge in [0.15, 0.2) is 0 Å². The van der Waals surface area contributed by atoms with Gasteiger partial charge >= 0.3 is 5.97 Å². The summed E-state index contributed by atoms with van der Waals surface area (Å²) in [5, 5.41) is 12.1. The van der Waals surface area contributed by atoms with Crippen molar-refractivity contribution in [1.82, 2.24) is 5.32 Å². The molecule has 0 aliphatic carbocycles. The minimum absolute atomic E-state index is 0.389. The predicted molar refractivity (Wildman–Crippen MR) is 70.4 cm³/mol. The van der Waals surface area contributed by atoms with Crippen LogP contribution in [0.4, 0.5) is 0 Å².